The van der Waals surface area contributed by atoms with E-state index in [9.17, 15) is 4.79 Å². The van der Waals surface area contributed by atoms with Gasteiger partial charge in [0.1, 0.15) is 0 Å². The summed E-state index contributed by atoms with van der Waals surface area (Å²) < 4.78 is 0. The molecule has 21 heavy (non-hydrogen) atoms. The van der Waals surface area contributed by atoms with E-state index in [0.717, 1.165) is 18.5 Å². The molecule has 0 aromatic heterocycles. The number of carbonyl (C=O) groups excluding carboxylic acids is 1. The maximum Gasteiger partial charge on any atom is 0.243 e. The fourth-order valence-electron chi connectivity index (χ4n) is 3.08. The molecule has 1 N–H and O–H groups in total. The SMILES string of the molecule is C=C/C=C\C(=C)N1CC(NC(=O)C=C)C2CCCCC2O1. The molecule has 1 aliphatic carbocycles. The molecule has 1 saturated heterocycles. The zero-order chi connectivity index (χ0) is 15.2. The maximum atomic E-state index is 11.7. The van der Waals surface area contributed by atoms with E-state index in [1.54, 1.807) is 11.1 Å². The van der Waals surface area contributed by atoms with Crippen LogP contribution in [0, 0.1) is 5.92 Å². The van der Waals surface area contributed by atoms with Gasteiger partial charge in [0.25, 0.3) is 0 Å². The van der Waals surface area contributed by atoms with Gasteiger partial charge in [0.15, 0.2) is 0 Å². The highest BCUT2D eigenvalue weighted by Gasteiger charge is 2.40. The predicted octanol–water partition coefficient (Wildman–Crippen LogP) is 2.72. The Morgan fingerprint density at radius 3 is 2.76 bits per heavy atom. The largest absolute Gasteiger partial charge is 0.348 e. The number of hydroxylamine groups is 2. The summed E-state index contributed by atoms with van der Waals surface area (Å²) in [7, 11) is 0. The van der Waals surface area contributed by atoms with E-state index >= 15 is 0 Å². The first kappa shape index (κ1) is 15.6. The molecule has 0 aromatic carbocycles. The van der Waals surface area contributed by atoms with Crippen LogP contribution < -0.4 is 5.32 Å². The Labute approximate surface area is 126 Å². The summed E-state index contributed by atoms with van der Waals surface area (Å²) in [5, 5.41) is 4.84. The molecule has 4 heteroatoms. The molecule has 1 amide bonds. The molecule has 1 saturated carbocycles. The number of nitrogens with zero attached hydrogens (tertiary/aromatic N) is 1. The zero-order valence-corrected chi connectivity index (χ0v) is 12.5. The molecular weight excluding hydrogens is 264 g/mol. The lowest BCUT2D eigenvalue weighted by molar-refractivity contribution is -0.233. The highest BCUT2D eigenvalue weighted by atomic mass is 16.7. The van der Waals surface area contributed by atoms with Crippen LogP contribution in [-0.4, -0.2) is 29.7 Å². The Morgan fingerprint density at radius 2 is 2.05 bits per heavy atom. The second-order valence-electron chi connectivity index (χ2n) is 5.56. The van der Waals surface area contributed by atoms with Crippen LogP contribution in [0.25, 0.3) is 0 Å². The van der Waals surface area contributed by atoms with Crippen molar-refractivity contribution in [1.82, 2.24) is 10.4 Å². The third kappa shape index (κ3) is 3.85. The van der Waals surface area contributed by atoms with Gasteiger partial charge in [0.2, 0.25) is 5.91 Å². The summed E-state index contributed by atoms with van der Waals surface area (Å²) in [5.41, 5.74) is 0.775. The molecule has 0 aromatic rings. The smallest absolute Gasteiger partial charge is 0.243 e. The molecular formula is C17H24N2O2. The molecule has 1 aliphatic heterocycles. The molecule has 1 heterocycles. The molecule has 3 unspecified atom stereocenters. The van der Waals surface area contributed by atoms with Crippen LogP contribution >= 0.6 is 0 Å². The van der Waals surface area contributed by atoms with Crippen LogP contribution in [0.1, 0.15) is 25.7 Å². The third-order valence-electron chi connectivity index (χ3n) is 4.15. The fraction of sp³-hybridized carbons (Fsp3) is 0.471. The van der Waals surface area contributed by atoms with Crippen molar-refractivity contribution in [2.45, 2.75) is 37.8 Å². The number of rotatable bonds is 5. The van der Waals surface area contributed by atoms with Crippen molar-refractivity contribution < 1.29 is 9.63 Å². The van der Waals surface area contributed by atoms with Crippen molar-refractivity contribution in [3.05, 3.63) is 49.7 Å². The van der Waals surface area contributed by atoms with Gasteiger partial charge in [-0.3, -0.25) is 14.7 Å². The molecule has 0 spiro atoms. The standard InChI is InChI=1S/C17H24N2O2/c1-4-6-9-13(3)19-12-15(18-17(20)5-2)14-10-7-8-11-16(14)21-19/h4-6,9,14-16H,1-3,7-8,10-12H2,(H,18,20)/b9-6-. The fourth-order valence-corrected chi connectivity index (χ4v) is 3.08. The third-order valence-corrected chi connectivity index (χ3v) is 4.15. The van der Waals surface area contributed by atoms with Gasteiger partial charge >= 0.3 is 0 Å². The van der Waals surface area contributed by atoms with Gasteiger partial charge in [-0.1, -0.05) is 44.7 Å². The van der Waals surface area contributed by atoms with Crippen LogP contribution in [0.4, 0.5) is 0 Å². The molecule has 0 bridgehead atoms. The number of allylic oxidation sites excluding steroid dienone is 3. The maximum absolute atomic E-state index is 11.7. The lowest BCUT2D eigenvalue weighted by Crippen LogP contribution is -2.57. The van der Waals surface area contributed by atoms with Gasteiger partial charge < -0.3 is 5.32 Å². The number of amides is 1. The second-order valence-corrected chi connectivity index (χ2v) is 5.56. The first-order valence-corrected chi connectivity index (χ1v) is 7.51. The van der Waals surface area contributed by atoms with Crippen LogP contribution in [0.15, 0.2) is 49.7 Å². The summed E-state index contributed by atoms with van der Waals surface area (Å²) in [6.45, 7) is 11.8. The van der Waals surface area contributed by atoms with Gasteiger partial charge in [-0.15, -0.1) is 0 Å². The molecule has 2 aliphatic rings. The van der Waals surface area contributed by atoms with Gasteiger partial charge in [0.05, 0.1) is 24.4 Å². The zero-order valence-electron chi connectivity index (χ0n) is 12.5. The first-order chi connectivity index (χ1) is 10.2. The topological polar surface area (TPSA) is 41.6 Å². The quantitative estimate of drug-likeness (QED) is 0.625. The van der Waals surface area contributed by atoms with Gasteiger partial charge in [-0.05, 0) is 25.0 Å². The van der Waals surface area contributed by atoms with Crippen molar-refractivity contribution in [2.24, 2.45) is 5.92 Å². The van der Waals surface area contributed by atoms with E-state index in [1.807, 2.05) is 12.2 Å². The van der Waals surface area contributed by atoms with E-state index in [-0.39, 0.29) is 18.1 Å². The summed E-state index contributed by atoms with van der Waals surface area (Å²) in [5.74, 6) is 0.244. The normalized spacial score (nSPS) is 28.8. The average Bonchev–Trinajstić information content (AvgIpc) is 2.52. The molecule has 3 atom stereocenters. The molecule has 0 radical (unpaired) electrons. The van der Waals surface area contributed by atoms with Gasteiger partial charge in [0, 0.05) is 5.92 Å². The summed E-state index contributed by atoms with van der Waals surface area (Å²) in [6.07, 6.45) is 11.4. The molecule has 2 rings (SSSR count). The number of fused-ring (bicyclic) bond motifs is 1. The van der Waals surface area contributed by atoms with E-state index in [0.29, 0.717) is 12.5 Å². The number of hydrogen-bond acceptors (Lipinski definition) is 3. The highest BCUT2D eigenvalue weighted by molar-refractivity contribution is 5.87. The summed E-state index contributed by atoms with van der Waals surface area (Å²) in [4.78, 5) is 17.7. The summed E-state index contributed by atoms with van der Waals surface area (Å²) >= 11 is 0. The van der Waals surface area contributed by atoms with Gasteiger partial charge in [-0.25, -0.2) is 0 Å². The average molecular weight is 288 g/mol. The minimum absolute atomic E-state index is 0.0726. The minimum atomic E-state index is -0.126. The van der Waals surface area contributed by atoms with Crippen LogP contribution in [-0.2, 0) is 9.63 Å². The van der Waals surface area contributed by atoms with Crippen LogP contribution in [0.2, 0.25) is 0 Å². The van der Waals surface area contributed by atoms with Crippen molar-refractivity contribution in [2.75, 3.05) is 6.54 Å². The minimum Gasteiger partial charge on any atom is -0.348 e. The Hall–Kier alpha value is -1.81. The van der Waals surface area contributed by atoms with E-state index in [1.165, 1.54) is 18.9 Å². The van der Waals surface area contributed by atoms with Crippen molar-refractivity contribution >= 4 is 5.91 Å². The van der Waals surface area contributed by atoms with E-state index < -0.39 is 0 Å². The summed E-state index contributed by atoms with van der Waals surface area (Å²) in [6, 6.07) is 0.0726. The van der Waals surface area contributed by atoms with E-state index in [4.69, 9.17) is 4.84 Å². The Morgan fingerprint density at radius 1 is 1.29 bits per heavy atom. The van der Waals surface area contributed by atoms with Crippen LogP contribution in [0.5, 0.6) is 0 Å². The lowest BCUT2D eigenvalue weighted by Gasteiger charge is -2.46. The Bertz CT molecular complexity index is 456. The second kappa shape index (κ2) is 7.27. The Balaban J connectivity index is 2.10. The lowest BCUT2D eigenvalue weighted by atomic mass is 9.80. The van der Waals surface area contributed by atoms with Crippen molar-refractivity contribution in [3.63, 3.8) is 0 Å². The molecule has 2 fully saturated rings. The Kier molecular flexibility index (Phi) is 5.39. The van der Waals surface area contributed by atoms with E-state index in [2.05, 4.69) is 25.1 Å². The predicted molar refractivity (Wildman–Crippen MR) is 84.1 cm³/mol. The number of hydrogen-bond donors (Lipinski definition) is 1. The monoisotopic (exact) mass is 288 g/mol. The van der Waals surface area contributed by atoms with Crippen molar-refractivity contribution in [3.8, 4) is 0 Å². The first-order valence-electron chi connectivity index (χ1n) is 7.51. The number of nitrogens with one attached hydrogen (secondary N) is 1. The van der Waals surface area contributed by atoms with Gasteiger partial charge in [-0.2, -0.15) is 0 Å². The van der Waals surface area contributed by atoms with Crippen molar-refractivity contribution in [1.29, 1.82) is 0 Å². The van der Waals surface area contributed by atoms with Crippen LogP contribution in [0.3, 0.4) is 0 Å². The highest BCUT2D eigenvalue weighted by Crippen LogP contribution is 2.34. The number of carbonyl (C=O) groups is 1. The molecule has 4 nitrogen and oxygen atoms in total. The molecule has 114 valence electrons.